The van der Waals surface area contributed by atoms with Gasteiger partial charge in [0.2, 0.25) is 0 Å². The molecule has 0 aromatic heterocycles. The molecule has 0 bridgehead atoms. The third-order valence-corrected chi connectivity index (χ3v) is 1.19. The number of carbonyl (C=O) groups excluding carboxylic acids is 1. The predicted molar refractivity (Wildman–Crippen MR) is 54.7 cm³/mol. The molecule has 0 aliphatic rings. The van der Waals surface area contributed by atoms with Crippen LogP contribution in [0.5, 0.6) is 0 Å². The molecular formula is C11H11CrO5+3. The molecule has 1 aromatic carbocycles. The Balaban J connectivity index is -0.000000106. The second-order valence-electron chi connectivity index (χ2n) is 1.86. The van der Waals surface area contributed by atoms with Gasteiger partial charge in [-0.2, -0.15) is 0 Å². The van der Waals surface area contributed by atoms with E-state index in [9.17, 15) is 4.79 Å². The molecule has 17 heavy (non-hydrogen) atoms. The Hall–Kier alpha value is -1.56. The van der Waals surface area contributed by atoms with E-state index in [0.29, 0.717) is 5.56 Å². The summed E-state index contributed by atoms with van der Waals surface area (Å²) in [4.78, 5) is 10.8. The van der Waals surface area contributed by atoms with Gasteiger partial charge < -0.3 is 4.74 Å². The summed E-state index contributed by atoms with van der Waals surface area (Å²) in [6.07, 6.45) is 0. The van der Waals surface area contributed by atoms with Crippen molar-refractivity contribution in [2.24, 2.45) is 0 Å². The Morgan fingerprint density at radius 2 is 1.35 bits per heavy atom. The van der Waals surface area contributed by atoms with Crippen LogP contribution in [0.25, 0.3) is 0 Å². The summed E-state index contributed by atoms with van der Waals surface area (Å²) < 4.78 is 27.7. The van der Waals surface area contributed by atoms with Crippen molar-refractivity contribution >= 4 is 5.97 Å². The smallest absolute Gasteiger partial charge is 0.337 e. The van der Waals surface area contributed by atoms with Crippen LogP contribution in [0, 0.1) is 20.0 Å². The van der Waals surface area contributed by atoms with Gasteiger partial charge in [0.05, 0.1) is 12.7 Å². The van der Waals surface area contributed by atoms with E-state index < -0.39 is 0 Å². The second-order valence-corrected chi connectivity index (χ2v) is 1.86. The predicted octanol–water partition coefficient (Wildman–Crippen LogP) is 1.49. The molecule has 0 unspecified atom stereocenters. The van der Waals surface area contributed by atoms with Gasteiger partial charge in [0.15, 0.2) is 0 Å². The van der Waals surface area contributed by atoms with Crippen LogP contribution in [0.15, 0.2) is 30.3 Å². The van der Waals surface area contributed by atoms with Gasteiger partial charge in [-0.25, -0.2) is 4.79 Å². The van der Waals surface area contributed by atoms with E-state index >= 15 is 0 Å². The van der Waals surface area contributed by atoms with Gasteiger partial charge in [-0.15, -0.1) is 0 Å². The van der Waals surface area contributed by atoms with Gasteiger partial charge in [0, 0.05) is 17.4 Å². The molecule has 1 aromatic rings. The summed E-state index contributed by atoms with van der Waals surface area (Å²) >= 11 is 0. The van der Waals surface area contributed by atoms with E-state index in [1.807, 2.05) is 6.07 Å². The first-order chi connectivity index (χ1) is 7.84. The van der Waals surface area contributed by atoms with Crippen LogP contribution < -0.4 is 0 Å². The van der Waals surface area contributed by atoms with Gasteiger partial charge in [0.1, 0.15) is 0 Å². The van der Waals surface area contributed by atoms with Crippen molar-refractivity contribution in [1.29, 1.82) is 0 Å². The van der Waals surface area contributed by atoms with Crippen molar-refractivity contribution in [3.05, 3.63) is 35.9 Å². The first-order valence-corrected chi connectivity index (χ1v) is 3.68. The minimum atomic E-state index is -0.291. The minimum Gasteiger partial charge on any atom is -0.465 e. The van der Waals surface area contributed by atoms with Crippen LogP contribution in [-0.2, 0) is 36.1 Å². The summed E-state index contributed by atoms with van der Waals surface area (Å²) in [6.45, 7) is 9.75. The van der Waals surface area contributed by atoms with Crippen molar-refractivity contribution in [2.75, 3.05) is 7.11 Å². The van der Waals surface area contributed by atoms with Gasteiger partial charge in [-0.3, -0.25) is 0 Å². The quantitative estimate of drug-likeness (QED) is 0.574. The largest absolute Gasteiger partial charge is 0.465 e. The van der Waals surface area contributed by atoms with Crippen LogP contribution >= 0.6 is 0 Å². The fraction of sp³-hybridized carbons (Fsp3) is 0.0909. The standard InChI is InChI=1S/C8H8O2.3CHO.Cr/c1-10-8(9)7-5-3-2-4-6-7;3*1-2;/h2-6H,1H3;3*1H;/q;3*+1;. The Bertz CT molecular complexity index is 314. The average molecular weight is 275 g/mol. The molecule has 0 saturated heterocycles. The van der Waals surface area contributed by atoms with Gasteiger partial charge in [-0.05, 0) is 12.1 Å². The number of methoxy groups -OCH3 is 1. The molecule has 0 fully saturated rings. The molecule has 6 heteroatoms. The van der Waals surface area contributed by atoms with Crippen molar-refractivity contribution in [3.63, 3.8) is 0 Å². The second kappa shape index (κ2) is 23.9. The van der Waals surface area contributed by atoms with Crippen molar-refractivity contribution in [2.45, 2.75) is 0 Å². The average Bonchev–Trinajstić information content (AvgIpc) is 2.45. The third-order valence-electron chi connectivity index (χ3n) is 1.19. The number of ether oxygens (including phenoxy) is 1. The summed E-state index contributed by atoms with van der Waals surface area (Å²) in [5, 5.41) is 0. The van der Waals surface area contributed by atoms with Crippen LogP contribution in [-0.4, -0.2) is 13.1 Å². The summed E-state index contributed by atoms with van der Waals surface area (Å²) in [6, 6.07) is 8.88. The summed E-state index contributed by atoms with van der Waals surface area (Å²) in [5.74, 6) is -0.291. The number of benzene rings is 1. The van der Waals surface area contributed by atoms with Crippen LogP contribution in [0.4, 0.5) is 0 Å². The van der Waals surface area contributed by atoms with E-state index in [0.717, 1.165) is 0 Å². The molecule has 1 rings (SSSR count). The van der Waals surface area contributed by atoms with Crippen LogP contribution in [0.3, 0.4) is 0 Å². The van der Waals surface area contributed by atoms with E-state index in [-0.39, 0.29) is 23.3 Å². The number of carbonyl (C=O) groups is 1. The number of hydrogen-bond acceptors (Lipinski definition) is 2. The maximum absolute atomic E-state index is 10.8. The zero-order valence-electron chi connectivity index (χ0n) is 9.07. The van der Waals surface area contributed by atoms with E-state index in [1.165, 1.54) is 7.11 Å². The molecule has 0 amide bonds. The monoisotopic (exact) mass is 275 g/mol. The fourth-order valence-corrected chi connectivity index (χ4v) is 0.692. The normalized spacial score (nSPS) is 5.59. The summed E-state index contributed by atoms with van der Waals surface area (Å²) in [7, 11) is 1.37. The van der Waals surface area contributed by atoms with E-state index in [1.54, 1.807) is 24.3 Å². The Kier molecular flexibility index (Phi) is 34.6. The topological polar surface area (TPSA) is 86.0 Å². The molecule has 5 nitrogen and oxygen atoms in total. The number of rotatable bonds is 1. The van der Waals surface area contributed by atoms with Crippen LogP contribution in [0.2, 0.25) is 0 Å². The first-order valence-electron chi connectivity index (χ1n) is 3.68. The molecule has 0 radical (unpaired) electrons. The molecule has 0 atom stereocenters. The van der Waals surface area contributed by atoms with Crippen molar-refractivity contribution < 1.29 is 40.8 Å². The Morgan fingerprint density at radius 3 is 1.65 bits per heavy atom. The molecule has 0 aliphatic heterocycles. The van der Waals surface area contributed by atoms with Gasteiger partial charge in [-0.1, -0.05) is 18.2 Å². The fourth-order valence-electron chi connectivity index (χ4n) is 0.692. The third kappa shape index (κ3) is 14.4. The molecule has 0 aliphatic carbocycles. The van der Waals surface area contributed by atoms with Crippen molar-refractivity contribution in [3.8, 4) is 20.0 Å². The number of esters is 1. The zero-order valence-corrected chi connectivity index (χ0v) is 10.3. The molecule has 0 saturated carbocycles. The molecule has 0 spiro atoms. The summed E-state index contributed by atoms with van der Waals surface area (Å²) in [5.41, 5.74) is 0.588. The number of hydrogen-bond donors (Lipinski definition) is 0. The molecular weight excluding hydrogens is 264 g/mol. The SMILES string of the molecule is C#[O+].C#[O+].C#[O+].COC(=O)c1ccccc1.[Cr]. The van der Waals surface area contributed by atoms with Gasteiger partial charge in [0.25, 0.3) is 0 Å². The van der Waals surface area contributed by atoms with Crippen LogP contribution in [0.1, 0.15) is 10.4 Å². The maximum atomic E-state index is 10.8. The zero-order chi connectivity index (χ0) is 13.4. The molecule has 88 valence electrons. The van der Waals surface area contributed by atoms with Crippen molar-refractivity contribution in [1.82, 2.24) is 0 Å². The Labute approximate surface area is 110 Å². The Morgan fingerprint density at radius 1 is 1.00 bits per heavy atom. The molecule has 0 heterocycles. The van der Waals surface area contributed by atoms with E-state index in [4.69, 9.17) is 14.0 Å². The molecule has 0 N–H and O–H groups in total. The first kappa shape index (κ1) is 24.6. The minimum absolute atomic E-state index is 0. The maximum Gasteiger partial charge on any atom is 0.337 e. The van der Waals surface area contributed by atoms with E-state index in [2.05, 4.69) is 24.7 Å². The van der Waals surface area contributed by atoms with Gasteiger partial charge >= 0.3 is 39.9 Å².